The van der Waals surface area contributed by atoms with Gasteiger partial charge >= 0.3 is 17.9 Å². The highest BCUT2D eigenvalue weighted by atomic mass is 16.5. The van der Waals surface area contributed by atoms with Crippen molar-refractivity contribution in [3.8, 4) is 0 Å². The molecular weight excluding hydrogens is 1060 g/mol. The quantitative estimate of drug-likeness (QED) is 0.176. The molecule has 0 aliphatic carbocycles. The van der Waals surface area contributed by atoms with Gasteiger partial charge in [-0.25, -0.2) is 4.79 Å². The number of aliphatic carboxylic acids is 2. The molecule has 9 amide bonds. The molecule has 2 heterocycles. The van der Waals surface area contributed by atoms with Crippen molar-refractivity contribution in [1.82, 2.24) is 45.3 Å². The minimum Gasteiger partial charge on any atom is -0.481 e. The number of nitrogens with zero attached hydrogens (tertiary/aromatic N) is 6. The summed E-state index contributed by atoms with van der Waals surface area (Å²) < 4.78 is 5.83. The third kappa shape index (κ3) is 17.4. The number of hydrogen-bond acceptors (Lipinski definition) is 13. The molecule has 3 rings (SSSR count). The number of ether oxygens (including phenoxy) is 1. The number of carbonyl (C=O) groups excluding carboxylic acids is 10. The van der Waals surface area contributed by atoms with E-state index >= 15 is 0 Å². The minimum atomic E-state index is -1.71. The van der Waals surface area contributed by atoms with Crippen LogP contribution in [-0.4, -0.2) is 213 Å². The van der Waals surface area contributed by atoms with Gasteiger partial charge in [0, 0.05) is 48.2 Å². The summed E-state index contributed by atoms with van der Waals surface area (Å²) in [5, 5.41) is 27.6. The molecule has 11 atom stereocenters. The number of fused-ring (bicyclic) bond motifs is 1. The van der Waals surface area contributed by atoms with Crippen LogP contribution in [0.25, 0.3) is 0 Å². The zero-order valence-corrected chi connectivity index (χ0v) is 50.8. The topological polar surface area (TPSA) is 310 Å². The number of benzene rings is 1. The number of cyclic esters (lactones) is 1. The first-order valence-electron chi connectivity index (χ1n) is 28.5. The van der Waals surface area contributed by atoms with Crippen LogP contribution in [0.15, 0.2) is 24.3 Å². The number of amides is 9. The minimum absolute atomic E-state index is 0.0756. The fraction of sp³-hybridized carbons (Fsp3) is 0.690. The maximum atomic E-state index is 14.9. The molecule has 0 aromatic heterocycles. The van der Waals surface area contributed by atoms with Crippen molar-refractivity contribution >= 4 is 71.1 Å². The van der Waals surface area contributed by atoms with Crippen LogP contribution in [0.2, 0.25) is 0 Å². The van der Waals surface area contributed by atoms with Crippen LogP contribution in [0.4, 0.5) is 0 Å². The van der Waals surface area contributed by atoms with Crippen molar-refractivity contribution in [3.63, 3.8) is 0 Å². The summed E-state index contributed by atoms with van der Waals surface area (Å²) in [5.74, 6) is -13.4. The number of carboxylic acid groups (broad SMARTS) is 2. The third-order valence-electron chi connectivity index (χ3n) is 16.0. The van der Waals surface area contributed by atoms with Crippen molar-refractivity contribution in [2.45, 2.75) is 182 Å². The average Bonchev–Trinajstić information content (AvgIpc) is 3.48. The molecule has 0 radical (unpaired) electrons. The van der Waals surface area contributed by atoms with Gasteiger partial charge in [-0.3, -0.25) is 52.7 Å². The predicted molar refractivity (Wildman–Crippen MR) is 302 cm³/mol. The van der Waals surface area contributed by atoms with Crippen LogP contribution in [-0.2, 0) is 75.1 Å². The highest BCUT2D eigenvalue weighted by Gasteiger charge is 2.46. The molecule has 5 N–H and O–H groups in total. The molecule has 2 fully saturated rings. The fourth-order valence-corrected chi connectivity index (χ4v) is 10.9. The fourth-order valence-electron chi connectivity index (χ4n) is 10.9. The van der Waals surface area contributed by atoms with Crippen LogP contribution in [0.3, 0.4) is 0 Å². The molecule has 0 spiro atoms. The smallest absolute Gasteiger partial charge is 0.329 e. The van der Waals surface area contributed by atoms with E-state index in [-0.39, 0.29) is 25.8 Å². The van der Waals surface area contributed by atoms with E-state index in [9.17, 15) is 67.7 Å². The predicted octanol–water partition coefficient (Wildman–Crippen LogP) is 1.94. The standard InChI is InChI=1S/C58H91N9O15/c1-17-34(9)48-50(73)59-30-42(68)63(13)46(32(5)6)51(74)60-39(27-37-22-24-38(25-23-37)28-43(69)70)58(81)82-36(11)53(76)67-26-20-19-21-40(67)54(77)64(14)47(33(7)8)52(75)61-45(31(3)4)56(79)62(12)41(29-44(71)72)55(78)66(16)49(35(10)18-2)57(80)65(48)15/h22-25,31-36,39-41,45-49H,17-21,26-30H2,1-16H3,(H,59,73)(H,60,74)(H,61,75)(H,69,70)(H,71,72)/t34?,35?,36-,39+,40+,41+,45+,46+,47+,48+,49+/m1/s1. The lowest BCUT2D eigenvalue weighted by Crippen LogP contribution is -2.63. The molecule has 82 heavy (non-hydrogen) atoms. The summed E-state index contributed by atoms with van der Waals surface area (Å²) in [4.78, 5) is 176. The summed E-state index contributed by atoms with van der Waals surface area (Å²) in [6.45, 7) is 17.7. The van der Waals surface area contributed by atoms with Crippen LogP contribution in [0.1, 0.15) is 126 Å². The van der Waals surface area contributed by atoms with Crippen molar-refractivity contribution in [1.29, 1.82) is 0 Å². The second kappa shape index (κ2) is 30.8. The highest BCUT2D eigenvalue weighted by molar-refractivity contribution is 5.99. The molecule has 2 unspecified atom stereocenters. The maximum Gasteiger partial charge on any atom is 0.329 e. The largest absolute Gasteiger partial charge is 0.481 e. The van der Waals surface area contributed by atoms with E-state index in [4.69, 9.17) is 4.74 Å². The number of piperidine rings is 1. The molecule has 1 aromatic rings. The van der Waals surface area contributed by atoms with Crippen LogP contribution in [0, 0.1) is 29.6 Å². The van der Waals surface area contributed by atoms with E-state index < -0.39 is 168 Å². The van der Waals surface area contributed by atoms with Crippen molar-refractivity contribution < 1.29 is 72.5 Å². The Morgan fingerprint density at radius 2 is 1.10 bits per heavy atom. The van der Waals surface area contributed by atoms with Crippen LogP contribution >= 0.6 is 0 Å². The molecular formula is C58H91N9O15. The van der Waals surface area contributed by atoms with E-state index in [0.717, 1.165) is 14.7 Å². The number of hydrogen-bond donors (Lipinski definition) is 5. The molecule has 458 valence electrons. The SMILES string of the molecule is CCC(C)[C@H]1C(=O)NCC(=O)N(C)[C@@H](C(C)C)C(=O)N[C@@H](Cc2ccc(CC(=O)O)cc2)C(=O)O[C@H](C)C(=O)N2CCCC[C@H]2C(=O)N(C)[C@@H](C(C)C)C(=O)N[C@@H](C(C)C)C(=O)N(C)[C@@H](CC(=O)O)C(=O)N(C)[C@@H](C(C)CC)C(=O)N1C. The second-order valence-electron chi connectivity index (χ2n) is 23.2. The van der Waals surface area contributed by atoms with E-state index in [2.05, 4.69) is 16.0 Å². The van der Waals surface area contributed by atoms with Gasteiger partial charge in [-0.2, -0.15) is 0 Å². The third-order valence-corrected chi connectivity index (χ3v) is 16.0. The van der Waals surface area contributed by atoms with E-state index in [1.807, 2.05) is 0 Å². The lowest BCUT2D eigenvalue weighted by Gasteiger charge is -2.41. The Hall–Kier alpha value is -7.14. The van der Waals surface area contributed by atoms with Gasteiger partial charge in [0.05, 0.1) is 19.4 Å². The lowest BCUT2D eigenvalue weighted by molar-refractivity contribution is -0.165. The number of carboxylic acids is 2. The Morgan fingerprint density at radius 1 is 0.585 bits per heavy atom. The van der Waals surface area contributed by atoms with E-state index in [1.165, 1.54) is 56.9 Å². The Bertz CT molecular complexity index is 2490. The van der Waals surface area contributed by atoms with Gasteiger partial charge in [0.1, 0.15) is 48.3 Å². The number of nitrogens with one attached hydrogen (secondary N) is 3. The Balaban J connectivity index is 2.28. The van der Waals surface area contributed by atoms with Crippen molar-refractivity contribution in [2.75, 3.05) is 48.3 Å². The van der Waals surface area contributed by atoms with Gasteiger partial charge in [0.15, 0.2) is 6.10 Å². The molecule has 0 saturated carbocycles. The van der Waals surface area contributed by atoms with Gasteiger partial charge in [-0.05, 0) is 66.9 Å². The zero-order chi connectivity index (χ0) is 62.4. The normalized spacial score (nSPS) is 26.4. The number of esters is 1. The number of carbonyl (C=O) groups is 12. The molecule has 2 aliphatic heterocycles. The summed E-state index contributed by atoms with van der Waals surface area (Å²) in [6, 6.07) is -4.48. The Kier molecular flexibility index (Phi) is 26.0. The van der Waals surface area contributed by atoms with Gasteiger partial charge in [-0.15, -0.1) is 0 Å². The first-order chi connectivity index (χ1) is 38.2. The molecule has 24 nitrogen and oxygen atoms in total. The first-order valence-corrected chi connectivity index (χ1v) is 28.5. The van der Waals surface area contributed by atoms with Gasteiger partial charge in [-0.1, -0.05) is 106 Å². The van der Waals surface area contributed by atoms with E-state index in [1.54, 1.807) is 93.5 Å². The summed E-state index contributed by atoms with van der Waals surface area (Å²) >= 11 is 0. The van der Waals surface area contributed by atoms with Gasteiger partial charge < -0.3 is 60.3 Å². The molecule has 0 bridgehead atoms. The molecule has 1 aromatic carbocycles. The zero-order valence-electron chi connectivity index (χ0n) is 50.8. The average molecular weight is 1150 g/mol. The van der Waals surface area contributed by atoms with Crippen LogP contribution < -0.4 is 16.0 Å². The van der Waals surface area contributed by atoms with Crippen molar-refractivity contribution in [2.24, 2.45) is 29.6 Å². The molecule has 2 aliphatic rings. The summed E-state index contributed by atoms with van der Waals surface area (Å²) in [7, 11) is 6.66. The summed E-state index contributed by atoms with van der Waals surface area (Å²) in [5.41, 5.74) is 0.937. The maximum absolute atomic E-state index is 14.9. The van der Waals surface area contributed by atoms with E-state index in [0.29, 0.717) is 36.8 Å². The molecule has 24 heteroatoms. The van der Waals surface area contributed by atoms with Crippen LogP contribution in [0.5, 0.6) is 0 Å². The van der Waals surface area contributed by atoms with Crippen molar-refractivity contribution in [3.05, 3.63) is 35.4 Å². The Labute approximate surface area is 482 Å². The van der Waals surface area contributed by atoms with Gasteiger partial charge in [0.25, 0.3) is 5.91 Å². The van der Waals surface area contributed by atoms with Gasteiger partial charge in [0.2, 0.25) is 47.3 Å². The monoisotopic (exact) mass is 1150 g/mol. The lowest BCUT2D eigenvalue weighted by atomic mass is 9.92. The number of likely N-dealkylation sites (N-methyl/N-ethyl adjacent to an activating group) is 5. The molecule has 2 saturated heterocycles. The summed E-state index contributed by atoms with van der Waals surface area (Å²) in [6.07, 6.45) is -1.03. The Morgan fingerprint density at radius 3 is 1.62 bits per heavy atom. The second-order valence-corrected chi connectivity index (χ2v) is 23.2. The highest BCUT2D eigenvalue weighted by Crippen LogP contribution is 2.26. The first kappa shape index (κ1) is 69.1. The number of rotatable bonds is 13.